The van der Waals surface area contributed by atoms with Crippen molar-refractivity contribution < 1.29 is 4.79 Å². The molecule has 0 unspecified atom stereocenters. The molecule has 0 bridgehead atoms. The van der Waals surface area contributed by atoms with E-state index in [-0.39, 0.29) is 5.91 Å². The number of aromatic nitrogens is 4. The minimum absolute atomic E-state index is 0.0634. The van der Waals surface area contributed by atoms with Crippen molar-refractivity contribution in [2.75, 3.05) is 12.8 Å². The average Bonchev–Trinajstić information content (AvgIpc) is 3.24. The summed E-state index contributed by atoms with van der Waals surface area (Å²) in [4.78, 5) is 18.6. The van der Waals surface area contributed by atoms with Crippen molar-refractivity contribution in [1.82, 2.24) is 24.2 Å². The zero-order valence-corrected chi connectivity index (χ0v) is 16.3. The summed E-state index contributed by atoms with van der Waals surface area (Å²) in [7, 11) is 3.68. The molecule has 6 nitrogen and oxygen atoms in total. The Morgan fingerprint density at radius 1 is 1.27 bits per heavy atom. The molecule has 2 heterocycles. The number of amides is 1. The maximum atomic E-state index is 12.4. The number of carbonyl (C=O) groups is 1. The number of rotatable bonds is 6. The van der Waals surface area contributed by atoms with Gasteiger partial charge in [-0.2, -0.15) is 5.10 Å². The summed E-state index contributed by atoms with van der Waals surface area (Å²) in [6.07, 6.45) is 7.39. The summed E-state index contributed by atoms with van der Waals surface area (Å²) in [5.41, 5.74) is 4.57. The van der Waals surface area contributed by atoms with Gasteiger partial charge in [-0.1, -0.05) is 17.8 Å². The largest absolute Gasteiger partial charge is 0.341 e. The second-order valence-electron chi connectivity index (χ2n) is 6.41. The maximum Gasteiger partial charge on any atom is 0.233 e. The van der Waals surface area contributed by atoms with Crippen LogP contribution in [0.25, 0.3) is 5.69 Å². The van der Waals surface area contributed by atoms with Crippen LogP contribution in [0.5, 0.6) is 0 Å². The van der Waals surface area contributed by atoms with Gasteiger partial charge in [0.1, 0.15) is 0 Å². The van der Waals surface area contributed by atoms with Gasteiger partial charge >= 0.3 is 0 Å². The van der Waals surface area contributed by atoms with Crippen LogP contribution in [0.4, 0.5) is 0 Å². The van der Waals surface area contributed by atoms with Crippen LogP contribution in [0.3, 0.4) is 0 Å². The van der Waals surface area contributed by atoms with Crippen LogP contribution in [0.2, 0.25) is 0 Å². The average molecular weight is 369 g/mol. The molecule has 0 atom stereocenters. The van der Waals surface area contributed by atoms with E-state index in [4.69, 9.17) is 0 Å². The Morgan fingerprint density at radius 3 is 2.77 bits per heavy atom. The number of aryl methyl sites for hydroxylation is 3. The van der Waals surface area contributed by atoms with Crippen LogP contribution >= 0.6 is 11.8 Å². The first-order valence-electron chi connectivity index (χ1n) is 8.39. The lowest BCUT2D eigenvalue weighted by Gasteiger charge is -2.16. The molecule has 0 radical (unpaired) electrons. The smallest absolute Gasteiger partial charge is 0.233 e. The molecule has 136 valence electrons. The van der Waals surface area contributed by atoms with Crippen molar-refractivity contribution in [2.24, 2.45) is 7.05 Å². The molecular weight excluding hydrogens is 346 g/mol. The topological polar surface area (TPSA) is 56.0 Å². The van der Waals surface area contributed by atoms with Crippen molar-refractivity contribution in [1.29, 1.82) is 0 Å². The van der Waals surface area contributed by atoms with Gasteiger partial charge in [0.25, 0.3) is 0 Å². The molecule has 0 fully saturated rings. The second kappa shape index (κ2) is 7.78. The first-order valence-corrected chi connectivity index (χ1v) is 9.38. The van der Waals surface area contributed by atoms with Crippen molar-refractivity contribution in [3.8, 4) is 5.69 Å². The highest BCUT2D eigenvalue weighted by atomic mass is 32.2. The third kappa shape index (κ3) is 4.16. The Labute approximate surface area is 157 Å². The highest BCUT2D eigenvalue weighted by Gasteiger charge is 2.13. The van der Waals surface area contributed by atoms with Crippen molar-refractivity contribution in [3.05, 3.63) is 59.7 Å². The summed E-state index contributed by atoms with van der Waals surface area (Å²) in [6, 6.07) is 6.31. The van der Waals surface area contributed by atoms with Gasteiger partial charge in [-0.15, -0.1) is 0 Å². The SMILES string of the molecule is Cc1ccc(-n2ccnc2SCC(=O)N(C)Cc2cnn(C)c2)cc1C. The van der Waals surface area contributed by atoms with Gasteiger partial charge in [-0.25, -0.2) is 4.98 Å². The van der Waals surface area contributed by atoms with E-state index in [9.17, 15) is 4.79 Å². The highest BCUT2D eigenvalue weighted by Crippen LogP contribution is 2.22. The minimum Gasteiger partial charge on any atom is -0.341 e. The van der Waals surface area contributed by atoms with Gasteiger partial charge in [-0.05, 0) is 37.1 Å². The number of imidazole rings is 1. The molecule has 0 spiro atoms. The molecule has 2 aromatic heterocycles. The quantitative estimate of drug-likeness (QED) is 0.627. The van der Waals surface area contributed by atoms with Crippen LogP contribution in [-0.2, 0) is 18.4 Å². The molecule has 0 N–H and O–H groups in total. The summed E-state index contributed by atoms with van der Waals surface area (Å²) < 4.78 is 3.76. The Hall–Kier alpha value is -2.54. The predicted octanol–water partition coefficient (Wildman–Crippen LogP) is 2.97. The predicted molar refractivity (Wildman–Crippen MR) is 103 cm³/mol. The standard InChI is InChI=1S/C19H23N5OS/c1-14-5-6-17(9-15(14)2)24-8-7-20-19(24)26-13-18(25)22(3)11-16-10-21-23(4)12-16/h5-10,12H,11,13H2,1-4H3. The molecule has 1 aromatic carbocycles. The Balaban J connectivity index is 1.64. The molecule has 3 aromatic rings. The number of hydrogen-bond donors (Lipinski definition) is 0. The molecule has 0 saturated carbocycles. The van der Waals surface area contributed by atoms with E-state index >= 15 is 0 Å². The monoisotopic (exact) mass is 369 g/mol. The molecular formula is C19H23N5OS. The third-order valence-corrected chi connectivity index (χ3v) is 5.26. The van der Waals surface area contributed by atoms with Gasteiger partial charge in [0.15, 0.2) is 5.16 Å². The van der Waals surface area contributed by atoms with E-state index in [2.05, 4.69) is 42.1 Å². The lowest BCUT2D eigenvalue weighted by Crippen LogP contribution is -2.27. The van der Waals surface area contributed by atoms with E-state index in [1.54, 1.807) is 22.0 Å². The first kappa shape index (κ1) is 18.3. The normalized spacial score (nSPS) is 10.9. The van der Waals surface area contributed by atoms with E-state index in [1.807, 2.05) is 31.1 Å². The molecule has 0 aliphatic carbocycles. The zero-order valence-electron chi connectivity index (χ0n) is 15.5. The van der Waals surface area contributed by atoms with Crippen molar-refractivity contribution in [3.63, 3.8) is 0 Å². The van der Waals surface area contributed by atoms with E-state index in [0.29, 0.717) is 12.3 Å². The molecule has 1 amide bonds. The maximum absolute atomic E-state index is 12.4. The van der Waals surface area contributed by atoms with Gasteiger partial charge in [0.05, 0.1) is 11.9 Å². The number of nitrogens with zero attached hydrogens (tertiary/aromatic N) is 5. The first-order chi connectivity index (χ1) is 12.4. The Kier molecular flexibility index (Phi) is 5.46. The Morgan fingerprint density at radius 2 is 2.08 bits per heavy atom. The van der Waals surface area contributed by atoms with Crippen LogP contribution < -0.4 is 0 Å². The molecule has 0 saturated heterocycles. The molecule has 7 heteroatoms. The summed E-state index contributed by atoms with van der Waals surface area (Å²) in [5.74, 6) is 0.409. The molecule has 0 aliphatic heterocycles. The van der Waals surface area contributed by atoms with E-state index < -0.39 is 0 Å². The number of thioether (sulfide) groups is 1. The van der Waals surface area contributed by atoms with Gasteiger partial charge in [0, 0.05) is 50.5 Å². The highest BCUT2D eigenvalue weighted by molar-refractivity contribution is 7.99. The van der Waals surface area contributed by atoms with E-state index in [0.717, 1.165) is 16.4 Å². The number of benzene rings is 1. The van der Waals surface area contributed by atoms with Crippen LogP contribution in [0.15, 0.2) is 48.1 Å². The zero-order chi connectivity index (χ0) is 18.7. The summed E-state index contributed by atoms with van der Waals surface area (Å²) in [6.45, 7) is 4.75. The summed E-state index contributed by atoms with van der Waals surface area (Å²) in [5, 5.41) is 4.95. The molecule has 0 aliphatic rings. The fraction of sp³-hybridized carbons (Fsp3) is 0.316. The van der Waals surface area contributed by atoms with Crippen molar-refractivity contribution >= 4 is 17.7 Å². The Bertz CT molecular complexity index is 914. The van der Waals surface area contributed by atoms with Crippen LogP contribution in [0.1, 0.15) is 16.7 Å². The molecule has 26 heavy (non-hydrogen) atoms. The number of carbonyl (C=O) groups excluding carboxylic acids is 1. The number of hydrogen-bond acceptors (Lipinski definition) is 4. The lowest BCUT2D eigenvalue weighted by atomic mass is 10.1. The van der Waals surface area contributed by atoms with Gasteiger partial charge < -0.3 is 4.90 Å². The van der Waals surface area contributed by atoms with Crippen molar-refractivity contribution in [2.45, 2.75) is 25.5 Å². The fourth-order valence-corrected chi connectivity index (χ4v) is 3.53. The lowest BCUT2D eigenvalue weighted by molar-refractivity contribution is -0.127. The minimum atomic E-state index is 0.0634. The summed E-state index contributed by atoms with van der Waals surface area (Å²) >= 11 is 1.45. The van der Waals surface area contributed by atoms with Gasteiger partial charge in [-0.3, -0.25) is 14.0 Å². The third-order valence-electron chi connectivity index (χ3n) is 4.30. The van der Waals surface area contributed by atoms with E-state index in [1.165, 1.54) is 22.9 Å². The van der Waals surface area contributed by atoms with Crippen LogP contribution in [0, 0.1) is 13.8 Å². The second-order valence-corrected chi connectivity index (χ2v) is 7.35. The molecule has 3 rings (SSSR count). The van der Waals surface area contributed by atoms with Gasteiger partial charge in [0.2, 0.25) is 5.91 Å². The fourth-order valence-electron chi connectivity index (χ4n) is 2.62. The van der Waals surface area contributed by atoms with Crippen LogP contribution in [-0.4, -0.2) is 42.9 Å².